The van der Waals surface area contributed by atoms with Crippen molar-refractivity contribution in [2.24, 2.45) is 0 Å². The Bertz CT molecular complexity index is 447. The maximum absolute atomic E-state index is 11.4. The molecule has 0 atom stereocenters. The molecular weight excluding hydrogens is 229 g/mol. The van der Waals surface area contributed by atoms with Gasteiger partial charge in [0.1, 0.15) is 0 Å². The molecule has 0 fully saturated rings. The van der Waals surface area contributed by atoms with E-state index in [1.807, 2.05) is 31.3 Å². The molecule has 0 saturated heterocycles. The summed E-state index contributed by atoms with van der Waals surface area (Å²) in [5.41, 5.74) is 0.811. The summed E-state index contributed by atoms with van der Waals surface area (Å²) >= 11 is 0.239. The molecule has 0 aliphatic rings. The number of ketones is 1. The summed E-state index contributed by atoms with van der Waals surface area (Å²) in [6, 6.07) is 5.87. The monoisotopic (exact) mass is 239 g/mol. The number of fused-ring (bicyclic) bond motifs is 1. The molecule has 0 aliphatic heterocycles. The fourth-order valence-electron chi connectivity index (χ4n) is 1.25. The predicted octanol–water partition coefficient (Wildman–Crippen LogP) is 1.88. The van der Waals surface area contributed by atoms with Crippen LogP contribution in [0, 0.1) is 0 Å². The maximum atomic E-state index is 11.4. The van der Waals surface area contributed by atoms with Crippen LogP contribution in [0.5, 0.6) is 0 Å². The number of benzene rings is 1. The number of rotatable bonds is 2. The molecule has 3 heteroatoms. The molecule has 0 saturated carbocycles. The zero-order valence-corrected chi connectivity index (χ0v) is 8.99. The first kappa shape index (κ1) is 8.67. The zero-order valence-electron chi connectivity index (χ0n) is 7.28. The molecular formula is C10H9NOSe. The van der Waals surface area contributed by atoms with Gasteiger partial charge in [0.05, 0.1) is 0 Å². The van der Waals surface area contributed by atoms with E-state index in [0.717, 1.165) is 10.9 Å². The second-order valence-electron chi connectivity index (χ2n) is 2.86. The van der Waals surface area contributed by atoms with E-state index >= 15 is 0 Å². The quantitative estimate of drug-likeness (QED) is 0.590. The average Bonchev–Trinajstić information content (AvgIpc) is 2.63. The van der Waals surface area contributed by atoms with Crippen LogP contribution in [0.15, 0.2) is 24.4 Å². The van der Waals surface area contributed by atoms with Crippen molar-refractivity contribution in [2.45, 2.75) is 13.3 Å². The molecule has 1 aromatic heterocycles. The van der Waals surface area contributed by atoms with E-state index in [1.54, 1.807) is 0 Å². The van der Waals surface area contributed by atoms with E-state index in [2.05, 4.69) is 3.98 Å². The van der Waals surface area contributed by atoms with Crippen molar-refractivity contribution in [1.29, 1.82) is 0 Å². The standard InChI is InChI=1S/C10H9NOSe/c1-2-9(12)7-3-4-10-8(5-7)6-11-13-10/h3-6H,2H2,1H3. The van der Waals surface area contributed by atoms with Gasteiger partial charge in [0.25, 0.3) is 0 Å². The molecule has 1 aromatic carbocycles. The first-order valence-electron chi connectivity index (χ1n) is 4.19. The topological polar surface area (TPSA) is 30.0 Å². The average molecular weight is 238 g/mol. The summed E-state index contributed by atoms with van der Waals surface area (Å²) in [5, 5.41) is 1.12. The van der Waals surface area contributed by atoms with Gasteiger partial charge in [-0.3, -0.25) is 0 Å². The van der Waals surface area contributed by atoms with Gasteiger partial charge in [-0.1, -0.05) is 0 Å². The van der Waals surface area contributed by atoms with Crippen molar-refractivity contribution in [3.8, 4) is 0 Å². The minimum absolute atomic E-state index is 0.204. The summed E-state index contributed by atoms with van der Waals surface area (Å²) < 4.78 is 5.48. The molecule has 0 N–H and O–H groups in total. The summed E-state index contributed by atoms with van der Waals surface area (Å²) in [7, 11) is 0. The third-order valence-corrected chi connectivity index (χ3v) is 3.63. The fourth-order valence-corrected chi connectivity index (χ4v) is 2.56. The van der Waals surface area contributed by atoms with E-state index in [-0.39, 0.29) is 20.5 Å². The van der Waals surface area contributed by atoms with Crippen LogP contribution >= 0.6 is 0 Å². The molecule has 66 valence electrons. The molecule has 0 aliphatic carbocycles. The van der Waals surface area contributed by atoms with Crippen LogP contribution in [0.25, 0.3) is 9.65 Å². The fraction of sp³-hybridized carbons (Fsp3) is 0.200. The van der Waals surface area contributed by atoms with Crippen LogP contribution in [0.4, 0.5) is 0 Å². The van der Waals surface area contributed by atoms with Crippen LogP contribution in [-0.2, 0) is 0 Å². The molecule has 13 heavy (non-hydrogen) atoms. The first-order valence-corrected chi connectivity index (χ1v) is 5.81. The van der Waals surface area contributed by atoms with Crippen molar-refractivity contribution in [1.82, 2.24) is 3.98 Å². The Hall–Kier alpha value is -0.921. The van der Waals surface area contributed by atoms with Gasteiger partial charge in [0.15, 0.2) is 0 Å². The van der Waals surface area contributed by atoms with Gasteiger partial charge >= 0.3 is 82.2 Å². The van der Waals surface area contributed by atoms with E-state index in [0.29, 0.717) is 6.42 Å². The molecule has 2 rings (SSSR count). The Morgan fingerprint density at radius 1 is 1.54 bits per heavy atom. The Kier molecular flexibility index (Phi) is 2.30. The van der Waals surface area contributed by atoms with E-state index in [4.69, 9.17) is 0 Å². The van der Waals surface area contributed by atoms with Crippen molar-refractivity contribution in [2.75, 3.05) is 0 Å². The predicted molar refractivity (Wildman–Crippen MR) is 53.3 cm³/mol. The number of aromatic nitrogens is 1. The number of Topliss-reactive ketones (excluding diaryl/α,β-unsaturated/α-hetero) is 1. The Labute approximate surface area is 82.6 Å². The number of hydrogen-bond acceptors (Lipinski definition) is 2. The van der Waals surface area contributed by atoms with Crippen LogP contribution < -0.4 is 0 Å². The second-order valence-corrected chi connectivity index (χ2v) is 4.60. The van der Waals surface area contributed by atoms with Gasteiger partial charge in [0.2, 0.25) is 0 Å². The molecule has 1 heterocycles. The number of carbonyl (C=O) groups is 1. The second kappa shape index (κ2) is 3.44. The molecule has 0 amide bonds. The Balaban J connectivity index is 2.54. The van der Waals surface area contributed by atoms with Crippen LogP contribution in [0.3, 0.4) is 0 Å². The normalized spacial score (nSPS) is 10.5. The summed E-state index contributed by atoms with van der Waals surface area (Å²) in [4.78, 5) is 11.4. The van der Waals surface area contributed by atoms with Crippen molar-refractivity contribution in [3.63, 3.8) is 0 Å². The molecule has 0 spiro atoms. The molecule has 2 aromatic rings. The summed E-state index contributed by atoms with van der Waals surface area (Å²) in [6.45, 7) is 1.88. The van der Waals surface area contributed by atoms with Crippen molar-refractivity contribution >= 4 is 30.2 Å². The molecule has 2 nitrogen and oxygen atoms in total. The molecule has 0 unspecified atom stereocenters. The van der Waals surface area contributed by atoms with Gasteiger partial charge in [-0.2, -0.15) is 0 Å². The van der Waals surface area contributed by atoms with Crippen molar-refractivity contribution in [3.05, 3.63) is 30.0 Å². The summed E-state index contributed by atoms with van der Waals surface area (Å²) in [5.74, 6) is 0.204. The van der Waals surface area contributed by atoms with Gasteiger partial charge in [-0.05, 0) is 0 Å². The van der Waals surface area contributed by atoms with Crippen LogP contribution in [0.2, 0.25) is 0 Å². The Morgan fingerprint density at radius 2 is 2.38 bits per heavy atom. The number of carbonyl (C=O) groups excluding carboxylic acids is 1. The third kappa shape index (κ3) is 1.58. The van der Waals surface area contributed by atoms with Gasteiger partial charge in [0, 0.05) is 0 Å². The van der Waals surface area contributed by atoms with Crippen LogP contribution in [0.1, 0.15) is 23.7 Å². The van der Waals surface area contributed by atoms with Crippen molar-refractivity contribution < 1.29 is 4.79 Å². The third-order valence-electron chi connectivity index (χ3n) is 2.00. The Morgan fingerprint density at radius 3 is 3.15 bits per heavy atom. The first-order chi connectivity index (χ1) is 6.31. The van der Waals surface area contributed by atoms with Gasteiger partial charge in [-0.15, -0.1) is 0 Å². The SMILES string of the molecule is CCC(=O)c1ccc2[se]ncc2c1. The van der Waals surface area contributed by atoms with E-state index in [9.17, 15) is 4.79 Å². The van der Waals surface area contributed by atoms with E-state index in [1.165, 1.54) is 4.26 Å². The molecule has 0 radical (unpaired) electrons. The van der Waals surface area contributed by atoms with Gasteiger partial charge < -0.3 is 0 Å². The van der Waals surface area contributed by atoms with E-state index < -0.39 is 0 Å². The van der Waals surface area contributed by atoms with Gasteiger partial charge in [-0.25, -0.2) is 0 Å². The number of hydrogen-bond donors (Lipinski definition) is 0. The number of nitrogens with zero attached hydrogens (tertiary/aromatic N) is 1. The summed E-state index contributed by atoms with van der Waals surface area (Å²) in [6.07, 6.45) is 2.43. The van der Waals surface area contributed by atoms with Crippen LogP contribution in [-0.4, -0.2) is 24.5 Å². The minimum atomic E-state index is 0.204. The zero-order chi connectivity index (χ0) is 9.26. The molecule has 0 bridgehead atoms.